The van der Waals surface area contributed by atoms with Crippen LogP contribution in [0.25, 0.3) is 11.3 Å². The van der Waals surface area contributed by atoms with E-state index in [2.05, 4.69) is 9.97 Å². The molecule has 0 radical (unpaired) electrons. The molecule has 6 heteroatoms. The van der Waals surface area contributed by atoms with E-state index in [1.54, 1.807) is 31.5 Å². The van der Waals surface area contributed by atoms with Gasteiger partial charge in [-0.2, -0.15) is 0 Å². The summed E-state index contributed by atoms with van der Waals surface area (Å²) in [7, 11) is 1.62. The van der Waals surface area contributed by atoms with E-state index in [0.29, 0.717) is 21.4 Å². The SMILES string of the molecule is COc1cccc(-c2cnc(C(O)c3cc(Cl)cc(Cl)c3)[nH]2)c1. The number of aromatic amines is 1. The number of hydrogen-bond donors (Lipinski definition) is 2. The summed E-state index contributed by atoms with van der Waals surface area (Å²) in [5.74, 6) is 1.17. The van der Waals surface area contributed by atoms with Crippen molar-refractivity contribution in [3.05, 3.63) is 70.1 Å². The number of imidazole rings is 1. The van der Waals surface area contributed by atoms with Gasteiger partial charge in [0.1, 0.15) is 17.7 Å². The Morgan fingerprint density at radius 3 is 2.57 bits per heavy atom. The Morgan fingerprint density at radius 2 is 1.87 bits per heavy atom. The molecule has 0 fully saturated rings. The minimum atomic E-state index is -0.939. The highest BCUT2D eigenvalue weighted by Crippen LogP contribution is 2.28. The lowest BCUT2D eigenvalue weighted by atomic mass is 10.1. The van der Waals surface area contributed by atoms with Gasteiger partial charge in [0.05, 0.1) is 19.0 Å². The molecule has 2 aromatic carbocycles. The third-order valence-corrected chi connectivity index (χ3v) is 3.87. The first-order valence-corrected chi connectivity index (χ1v) is 7.66. The molecule has 1 heterocycles. The molecule has 1 unspecified atom stereocenters. The van der Waals surface area contributed by atoms with E-state index in [1.807, 2.05) is 24.3 Å². The Balaban J connectivity index is 1.91. The van der Waals surface area contributed by atoms with Crippen molar-refractivity contribution in [2.24, 2.45) is 0 Å². The molecule has 0 aliphatic carbocycles. The molecule has 0 bridgehead atoms. The van der Waals surface area contributed by atoms with E-state index in [0.717, 1.165) is 17.0 Å². The van der Waals surface area contributed by atoms with Crippen LogP contribution in [0.4, 0.5) is 0 Å². The molecule has 1 aromatic heterocycles. The van der Waals surface area contributed by atoms with Gasteiger partial charge < -0.3 is 14.8 Å². The number of methoxy groups -OCH3 is 1. The van der Waals surface area contributed by atoms with Gasteiger partial charge in [0.25, 0.3) is 0 Å². The second-order valence-corrected chi connectivity index (χ2v) is 5.89. The molecule has 0 saturated heterocycles. The van der Waals surface area contributed by atoms with Gasteiger partial charge in [0.15, 0.2) is 0 Å². The third-order valence-electron chi connectivity index (χ3n) is 3.44. The molecular formula is C17H14Cl2N2O2. The molecule has 1 atom stereocenters. The van der Waals surface area contributed by atoms with Crippen molar-refractivity contribution in [2.45, 2.75) is 6.10 Å². The number of benzene rings is 2. The van der Waals surface area contributed by atoms with Gasteiger partial charge in [-0.05, 0) is 35.9 Å². The van der Waals surface area contributed by atoms with Crippen LogP contribution in [0, 0.1) is 0 Å². The van der Waals surface area contributed by atoms with Crippen molar-refractivity contribution in [2.75, 3.05) is 7.11 Å². The minimum absolute atomic E-state index is 0.418. The molecule has 23 heavy (non-hydrogen) atoms. The maximum Gasteiger partial charge on any atom is 0.140 e. The second-order valence-electron chi connectivity index (χ2n) is 5.02. The standard InChI is InChI=1S/C17H14Cl2N2O2/c1-23-14-4-2-3-10(7-14)15-9-20-17(21-15)16(22)11-5-12(18)8-13(19)6-11/h2-9,16,22H,1H3,(H,20,21). The monoisotopic (exact) mass is 348 g/mol. The van der Waals surface area contributed by atoms with Crippen LogP contribution in [0.1, 0.15) is 17.5 Å². The molecule has 0 spiro atoms. The Kier molecular flexibility index (Phi) is 4.57. The van der Waals surface area contributed by atoms with E-state index in [9.17, 15) is 5.11 Å². The lowest BCUT2D eigenvalue weighted by Gasteiger charge is -2.09. The number of H-pyrrole nitrogens is 1. The molecule has 3 aromatic rings. The summed E-state index contributed by atoms with van der Waals surface area (Å²) in [6.45, 7) is 0. The lowest BCUT2D eigenvalue weighted by molar-refractivity contribution is 0.211. The van der Waals surface area contributed by atoms with E-state index in [4.69, 9.17) is 27.9 Å². The molecule has 118 valence electrons. The van der Waals surface area contributed by atoms with Crippen LogP contribution in [0.3, 0.4) is 0 Å². The van der Waals surface area contributed by atoms with Crippen LogP contribution in [-0.4, -0.2) is 22.2 Å². The van der Waals surface area contributed by atoms with Gasteiger partial charge in [-0.1, -0.05) is 35.3 Å². The quantitative estimate of drug-likeness (QED) is 0.730. The van der Waals surface area contributed by atoms with Crippen LogP contribution in [0.5, 0.6) is 5.75 Å². The number of nitrogens with one attached hydrogen (secondary N) is 1. The van der Waals surface area contributed by atoms with E-state index >= 15 is 0 Å². The van der Waals surface area contributed by atoms with Crippen molar-refractivity contribution in [1.82, 2.24) is 9.97 Å². The molecule has 0 amide bonds. The fraction of sp³-hybridized carbons (Fsp3) is 0.118. The number of aromatic nitrogens is 2. The Morgan fingerprint density at radius 1 is 1.13 bits per heavy atom. The summed E-state index contributed by atoms with van der Waals surface area (Å²) >= 11 is 12.0. The van der Waals surface area contributed by atoms with Crippen molar-refractivity contribution in [3.8, 4) is 17.0 Å². The first kappa shape index (κ1) is 15.9. The van der Waals surface area contributed by atoms with Gasteiger partial charge in [-0.15, -0.1) is 0 Å². The first-order valence-electron chi connectivity index (χ1n) is 6.90. The minimum Gasteiger partial charge on any atom is -0.497 e. The summed E-state index contributed by atoms with van der Waals surface area (Å²) in [5, 5.41) is 11.4. The van der Waals surface area contributed by atoms with Crippen LogP contribution in [-0.2, 0) is 0 Å². The summed E-state index contributed by atoms with van der Waals surface area (Å²) in [5.41, 5.74) is 2.28. The molecule has 0 saturated carbocycles. The highest BCUT2D eigenvalue weighted by atomic mass is 35.5. The molecular weight excluding hydrogens is 335 g/mol. The van der Waals surface area contributed by atoms with Gasteiger partial charge in [0.2, 0.25) is 0 Å². The Hall–Kier alpha value is -2.01. The fourth-order valence-electron chi connectivity index (χ4n) is 2.30. The van der Waals surface area contributed by atoms with Gasteiger partial charge in [0, 0.05) is 15.6 Å². The molecule has 0 aliphatic heterocycles. The average molecular weight is 349 g/mol. The third kappa shape index (κ3) is 3.50. The number of halogens is 2. The first-order chi connectivity index (χ1) is 11.1. The van der Waals surface area contributed by atoms with Crippen LogP contribution in [0.2, 0.25) is 10.0 Å². The number of rotatable bonds is 4. The van der Waals surface area contributed by atoms with Crippen molar-refractivity contribution < 1.29 is 9.84 Å². The second kappa shape index (κ2) is 6.62. The number of aliphatic hydroxyl groups is 1. The normalized spacial score (nSPS) is 12.2. The van der Waals surface area contributed by atoms with Gasteiger partial charge >= 0.3 is 0 Å². The van der Waals surface area contributed by atoms with Crippen LogP contribution >= 0.6 is 23.2 Å². The predicted molar refractivity (Wildman–Crippen MR) is 91.1 cm³/mol. The van der Waals surface area contributed by atoms with Gasteiger partial charge in [-0.25, -0.2) is 4.98 Å². The molecule has 2 N–H and O–H groups in total. The summed E-state index contributed by atoms with van der Waals surface area (Å²) in [6, 6.07) is 12.5. The van der Waals surface area contributed by atoms with Crippen molar-refractivity contribution >= 4 is 23.2 Å². The Bertz CT molecular complexity index is 813. The van der Waals surface area contributed by atoms with Crippen molar-refractivity contribution in [3.63, 3.8) is 0 Å². The van der Waals surface area contributed by atoms with E-state index in [-0.39, 0.29) is 0 Å². The molecule has 0 aliphatic rings. The summed E-state index contributed by atoms with van der Waals surface area (Å²) in [6.07, 6.45) is 0.727. The van der Waals surface area contributed by atoms with E-state index in [1.165, 1.54) is 0 Å². The topological polar surface area (TPSA) is 58.1 Å². The largest absolute Gasteiger partial charge is 0.497 e. The predicted octanol–water partition coefficient (Wildman–Crippen LogP) is 4.47. The Labute approximate surface area is 143 Å². The summed E-state index contributed by atoms with van der Waals surface area (Å²) < 4.78 is 5.21. The van der Waals surface area contributed by atoms with Crippen molar-refractivity contribution in [1.29, 1.82) is 0 Å². The zero-order valence-electron chi connectivity index (χ0n) is 12.3. The highest BCUT2D eigenvalue weighted by Gasteiger charge is 2.16. The zero-order chi connectivity index (χ0) is 16.4. The number of hydrogen-bond acceptors (Lipinski definition) is 3. The van der Waals surface area contributed by atoms with E-state index < -0.39 is 6.10 Å². The lowest BCUT2D eigenvalue weighted by Crippen LogP contribution is -2.02. The van der Waals surface area contributed by atoms with Crippen LogP contribution in [0.15, 0.2) is 48.7 Å². The maximum atomic E-state index is 10.5. The molecule has 3 rings (SSSR count). The number of ether oxygens (including phenoxy) is 1. The zero-order valence-corrected chi connectivity index (χ0v) is 13.8. The fourth-order valence-corrected chi connectivity index (χ4v) is 2.85. The summed E-state index contributed by atoms with van der Waals surface area (Å²) in [4.78, 5) is 7.37. The number of nitrogens with zero attached hydrogens (tertiary/aromatic N) is 1. The van der Waals surface area contributed by atoms with Crippen LogP contribution < -0.4 is 4.74 Å². The average Bonchev–Trinajstić information content (AvgIpc) is 3.03. The number of aliphatic hydroxyl groups excluding tert-OH is 1. The van der Waals surface area contributed by atoms with Gasteiger partial charge in [-0.3, -0.25) is 0 Å². The highest BCUT2D eigenvalue weighted by molar-refractivity contribution is 6.34. The smallest absolute Gasteiger partial charge is 0.140 e. The molecule has 4 nitrogen and oxygen atoms in total. The maximum absolute atomic E-state index is 10.5.